The highest BCUT2D eigenvalue weighted by Crippen LogP contribution is 2.22. The number of hydrogen-bond donors (Lipinski definition) is 6. The fraction of sp³-hybridized carbons (Fsp3) is 0.783. The van der Waals surface area contributed by atoms with Gasteiger partial charge in [-0.3, -0.25) is 4.79 Å². The Balaban J connectivity index is 2.65. The molecule has 0 aromatic rings. The normalized spacial score (nSPS) is 28.3. The molecular weight excluding hydrogens is 418 g/mol. The van der Waals surface area contributed by atoms with Gasteiger partial charge in [-0.15, -0.1) is 0 Å². The summed E-state index contributed by atoms with van der Waals surface area (Å²) in [6.45, 7) is 3.23. The van der Waals surface area contributed by atoms with Crippen LogP contribution in [-0.4, -0.2) is 87.5 Å². The van der Waals surface area contributed by atoms with Gasteiger partial charge in [-0.25, -0.2) is 0 Å². The summed E-state index contributed by atoms with van der Waals surface area (Å²) in [6, 6.07) is -0.808. The van der Waals surface area contributed by atoms with E-state index in [-0.39, 0.29) is 18.9 Å². The summed E-state index contributed by atoms with van der Waals surface area (Å²) >= 11 is 0. The Hall–Kier alpha value is -1.33. The number of aliphatic hydroxyl groups is 5. The Bertz CT molecular complexity index is 568. The van der Waals surface area contributed by atoms with Crippen LogP contribution < -0.4 is 5.32 Å². The van der Waals surface area contributed by atoms with Crippen LogP contribution >= 0.6 is 0 Å². The van der Waals surface area contributed by atoms with E-state index in [0.717, 1.165) is 25.7 Å². The van der Waals surface area contributed by atoms with E-state index in [2.05, 4.69) is 24.4 Å². The summed E-state index contributed by atoms with van der Waals surface area (Å²) in [6.07, 6.45) is 5.52. The van der Waals surface area contributed by atoms with Crippen LogP contribution in [-0.2, 0) is 14.3 Å². The third-order valence-electron chi connectivity index (χ3n) is 5.25. The highest BCUT2D eigenvalue weighted by atomic mass is 16.7. The minimum Gasteiger partial charge on any atom is -0.394 e. The molecule has 7 atom stereocenters. The molecular formula is C23H41NO8. The lowest BCUT2D eigenvalue weighted by Gasteiger charge is -2.40. The van der Waals surface area contributed by atoms with E-state index in [1.54, 1.807) is 6.08 Å². The predicted molar refractivity (Wildman–Crippen MR) is 120 cm³/mol. The average molecular weight is 460 g/mol. The number of unbranched alkanes of at least 4 members (excludes halogenated alkanes) is 3. The highest BCUT2D eigenvalue weighted by molar-refractivity contribution is 5.76. The summed E-state index contributed by atoms with van der Waals surface area (Å²) in [5.41, 5.74) is 0. The molecule has 0 aromatic carbocycles. The van der Waals surface area contributed by atoms with Gasteiger partial charge in [0.2, 0.25) is 5.91 Å². The van der Waals surface area contributed by atoms with Gasteiger partial charge in [0.1, 0.15) is 24.4 Å². The van der Waals surface area contributed by atoms with Crippen LogP contribution in [0.3, 0.4) is 0 Å². The maximum absolute atomic E-state index is 12.1. The number of carbonyl (C=O) groups is 1. The zero-order valence-corrected chi connectivity index (χ0v) is 19.2. The standard InChI is InChI=1S/C23H41NO8/c1-3-5-6-7-8-9-10-11-13-17(26)16(24-19(27)12-4-2)15-31-23-22(30)21(29)20(28)18(14-25)32-23/h7-8,11,13,16-18,20-23,25-26,28-30H,3-6,9-10,12,14-15H2,1-2H3,(H,24,27)/b8-7+,13-11+. The van der Waals surface area contributed by atoms with Crippen LogP contribution in [0.25, 0.3) is 0 Å². The number of hydrogen-bond acceptors (Lipinski definition) is 8. The van der Waals surface area contributed by atoms with E-state index < -0.39 is 49.5 Å². The van der Waals surface area contributed by atoms with Crippen LogP contribution in [0.15, 0.2) is 24.3 Å². The molecule has 0 aliphatic carbocycles. The summed E-state index contributed by atoms with van der Waals surface area (Å²) in [5, 5.41) is 52.4. The van der Waals surface area contributed by atoms with Crippen molar-refractivity contribution in [3.63, 3.8) is 0 Å². The second-order valence-electron chi connectivity index (χ2n) is 8.06. The molecule has 32 heavy (non-hydrogen) atoms. The third kappa shape index (κ3) is 10.1. The Morgan fingerprint density at radius 3 is 2.38 bits per heavy atom. The molecule has 0 saturated carbocycles. The summed E-state index contributed by atoms with van der Waals surface area (Å²) in [5.74, 6) is -0.249. The maximum atomic E-state index is 12.1. The summed E-state index contributed by atoms with van der Waals surface area (Å²) in [7, 11) is 0. The molecule has 0 radical (unpaired) electrons. The molecule has 1 heterocycles. The molecule has 1 aliphatic rings. The number of carbonyl (C=O) groups excluding carboxylic acids is 1. The lowest BCUT2D eigenvalue weighted by molar-refractivity contribution is -0.302. The molecule has 6 N–H and O–H groups in total. The van der Waals surface area contributed by atoms with Crippen LogP contribution in [0.4, 0.5) is 0 Å². The van der Waals surface area contributed by atoms with E-state index in [0.29, 0.717) is 6.42 Å². The number of nitrogens with one attached hydrogen (secondary N) is 1. The molecule has 9 heteroatoms. The van der Waals surface area contributed by atoms with Gasteiger partial charge in [0.25, 0.3) is 0 Å². The Morgan fingerprint density at radius 2 is 1.72 bits per heavy atom. The molecule has 0 bridgehead atoms. The molecule has 1 fully saturated rings. The van der Waals surface area contributed by atoms with Crippen molar-refractivity contribution in [2.75, 3.05) is 13.2 Å². The van der Waals surface area contributed by atoms with Crippen molar-refractivity contribution in [1.29, 1.82) is 0 Å². The van der Waals surface area contributed by atoms with Gasteiger partial charge < -0.3 is 40.3 Å². The molecule has 9 nitrogen and oxygen atoms in total. The van der Waals surface area contributed by atoms with Crippen LogP contribution in [0.1, 0.15) is 58.8 Å². The minimum absolute atomic E-state index is 0.208. The lowest BCUT2D eigenvalue weighted by atomic mass is 9.99. The van der Waals surface area contributed by atoms with Gasteiger partial charge in [0.05, 0.1) is 25.4 Å². The second-order valence-corrected chi connectivity index (χ2v) is 8.06. The highest BCUT2D eigenvalue weighted by Gasteiger charge is 2.44. The SMILES string of the molecule is CCCC/C=C/CC/C=C/C(O)C(COC1OC(CO)C(O)C(O)C1O)NC(=O)CCC. The van der Waals surface area contributed by atoms with Crippen molar-refractivity contribution in [3.8, 4) is 0 Å². The number of ether oxygens (including phenoxy) is 2. The second kappa shape index (κ2) is 16.3. The topological polar surface area (TPSA) is 149 Å². The van der Waals surface area contributed by atoms with Crippen molar-refractivity contribution in [1.82, 2.24) is 5.32 Å². The molecule has 7 unspecified atom stereocenters. The molecule has 186 valence electrons. The van der Waals surface area contributed by atoms with E-state index in [9.17, 15) is 30.3 Å². The zero-order chi connectivity index (χ0) is 23.9. The number of amides is 1. The van der Waals surface area contributed by atoms with E-state index >= 15 is 0 Å². The maximum Gasteiger partial charge on any atom is 0.220 e. The van der Waals surface area contributed by atoms with E-state index in [1.807, 2.05) is 13.0 Å². The monoisotopic (exact) mass is 459 g/mol. The number of rotatable bonds is 15. The molecule has 0 spiro atoms. The first-order chi connectivity index (χ1) is 15.3. The van der Waals surface area contributed by atoms with Gasteiger partial charge in [-0.2, -0.15) is 0 Å². The van der Waals surface area contributed by atoms with Crippen LogP contribution in [0, 0.1) is 0 Å². The molecule has 1 rings (SSSR count). The van der Waals surface area contributed by atoms with Gasteiger partial charge in [0.15, 0.2) is 6.29 Å². The van der Waals surface area contributed by atoms with Crippen molar-refractivity contribution in [2.45, 2.75) is 102 Å². The largest absolute Gasteiger partial charge is 0.394 e. The van der Waals surface area contributed by atoms with Gasteiger partial charge >= 0.3 is 0 Å². The Kier molecular flexibility index (Phi) is 14.6. The molecule has 1 amide bonds. The number of aliphatic hydroxyl groups excluding tert-OH is 5. The van der Waals surface area contributed by atoms with Gasteiger partial charge in [-0.1, -0.05) is 51.0 Å². The van der Waals surface area contributed by atoms with Crippen molar-refractivity contribution < 1.29 is 39.8 Å². The molecule has 1 aliphatic heterocycles. The van der Waals surface area contributed by atoms with E-state index in [4.69, 9.17) is 9.47 Å². The smallest absolute Gasteiger partial charge is 0.220 e. The fourth-order valence-electron chi connectivity index (χ4n) is 3.26. The van der Waals surface area contributed by atoms with Crippen molar-refractivity contribution in [2.24, 2.45) is 0 Å². The van der Waals surface area contributed by atoms with Gasteiger partial charge in [0, 0.05) is 6.42 Å². The lowest BCUT2D eigenvalue weighted by Crippen LogP contribution is -2.60. The first kappa shape index (κ1) is 28.7. The van der Waals surface area contributed by atoms with Crippen LogP contribution in [0.5, 0.6) is 0 Å². The van der Waals surface area contributed by atoms with Crippen LogP contribution in [0.2, 0.25) is 0 Å². The Labute approximate surface area is 190 Å². The minimum atomic E-state index is -1.56. The summed E-state index contributed by atoms with van der Waals surface area (Å²) < 4.78 is 10.8. The molecule has 1 saturated heterocycles. The van der Waals surface area contributed by atoms with Gasteiger partial charge in [-0.05, 0) is 25.7 Å². The van der Waals surface area contributed by atoms with E-state index in [1.165, 1.54) is 6.42 Å². The number of allylic oxidation sites excluding steroid dienone is 3. The first-order valence-electron chi connectivity index (χ1n) is 11.6. The Morgan fingerprint density at radius 1 is 1.03 bits per heavy atom. The predicted octanol–water partition coefficient (Wildman–Crippen LogP) is 0.531. The average Bonchev–Trinajstić information content (AvgIpc) is 2.78. The quantitative estimate of drug-likeness (QED) is 0.153. The summed E-state index contributed by atoms with van der Waals surface area (Å²) in [4.78, 5) is 12.1. The van der Waals surface area contributed by atoms with Crippen molar-refractivity contribution >= 4 is 5.91 Å². The van der Waals surface area contributed by atoms with Crippen molar-refractivity contribution in [3.05, 3.63) is 24.3 Å². The fourth-order valence-corrected chi connectivity index (χ4v) is 3.26. The zero-order valence-electron chi connectivity index (χ0n) is 19.2. The first-order valence-corrected chi connectivity index (χ1v) is 11.6. The molecule has 0 aromatic heterocycles. The third-order valence-corrected chi connectivity index (χ3v) is 5.25.